The fourth-order valence-electron chi connectivity index (χ4n) is 8.85. The predicted molar refractivity (Wildman–Crippen MR) is 254 cm³/mol. The van der Waals surface area contributed by atoms with Gasteiger partial charge >= 0.3 is 0 Å². The van der Waals surface area contributed by atoms with E-state index in [0.29, 0.717) is 0 Å². The van der Waals surface area contributed by atoms with Gasteiger partial charge in [0.05, 0.1) is 22.4 Å². The Hall–Kier alpha value is -8.28. The van der Waals surface area contributed by atoms with Crippen molar-refractivity contribution in [2.45, 2.75) is 0 Å². The highest BCUT2D eigenvalue weighted by molar-refractivity contribution is 6.10. The number of hydrogen-bond acceptors (Lipinski definition) is 5. The lowest BCUT2D eigenvalue weighted by atomic mass is 9.97. The molecule has 0 radical (unpaired) electrons. The largest absolute Gasteiger partial charge is 0.310 e. The fraction of sp³-hybridized carbons (Fsp3) is 0. The van der Waals surface area contributed by atoms with Crippen molar-refractivity contribution in [3.8, 4) is 33.6 Å². The fourth-order valence-corrected chi connectivity index (χ4v) is 8.85. The zero-order valence-corrected chi connectivity index (χ0v) is 32.9. The van der Waals surface area contributed by atoms with Crippen molar-refractivity contribution >= 4 is 82.0 Å². The summed E-state index contributed by atoms with van der Waals surface area (Å²) in [5, 5.41) is 11.4. The third-order valence-electron chi connectivity index (χ3n) is 12.0. The molecular weight excluding hydrogens is 743 g/mol. The van der Waals surface area contributed by atoms with Gasteiger partial charge in [0.2, 0.25) is 0 Å². The molecule has 0 fully saturated rings. The molecule has 0 saturated carbocycles. The van der Waals surface area contributed by atoms with Crippen molar-refractivity contribution in [2.75, 3.05) is 4.90 Å². The number of fused-ring (bicyclic) bond motifs is 9. The monoisotopic (exact) mass is 777 g/mol. The smallest absolute Gasteiger partial charge is 0.0709 e. The first kappa shape index (κ1) is 34.7. The van der Waals surface area contributed by atoms with Crippen LogP contribution in [0.25, 0.3) is 98.5 Å². The van der Waals surface area contributed by atoms with Gasteiger partial charge in [-0.15, -0.1) is 0 Å². The molecule has 4 heterocycles. The molecule has 0 bridgehead atoms. The highest BCUT2D eigenvalue weighted by Gasteiger charge is 2.16. The van der Waals surface area contributed by atoms with Crippen molar-refractivity contribution in [1.82, 2.24) is 19.9 Å². The molecule has 5 nitrogen and oxygen atoms in total. The molecule has 0 unspecified atom stereocenters. The maximum atomic E-state index is 4.92. The third kappa shape index (κ3) is 6.10. The Morgan fingerprint density at radius 3 is 1.31 bits per heavy atom. The lowest BCUT2D eigenvalue weighted by Gasteiger charge is -2.26. The predicted octanol–water partition coefficient (Wildman–Crippen LogP) is 14.7. The van der Waals surface area contributed by atoms with Gasteiger partial charge in [-0.2, -0.15) is 0 Å². The van der Waals surface area contributed by atoms with Gasteiger partial charge in [0.15, 0.2) is 0 Å². The molecule has 0 aliphatic heterocycles. The second-order valence-corrected chi connectivity index (χ2v) is 15.6. The highest BCUT2D eigenvalue weighted by atomic mass is 15.1. The van der Waals surface area contributed by atoms with E-state index in [1.54, 1.807) is 0 Å². The van der Waals surface area contributed by atoms with Gasteiger partial charge in [0.1, 0.15) is 0 Å². The quantitative estimate of drug-likeness (QED) is 0.157. The van der Waals surface area contributed by atoms with Gasteiger partial charge in [0, 0.05) is 85.3 Å². The van der Waals surface area contributed by atoms with Gasteiger partial charge in [0.25, 0.3) is 0 Å². The van der Waals surface area contributed by atoms with Crippen LogP contribution in [0.15, 0.2) is 213 Å². The summed E-state index contributed by atoms with van der Waals surface area (Å²) >= 11 is 0. The molecule has 4 aromatic heterocycles. The van der Waals surface area contributed by atoms with Crippen LogP contribution >= 0.6 is 0 Å². The van der Waals surface area contributed by atoms with E-state index in [-0.39, 0.29) is 0 Å². The van der Waals surface area contributed by atoms with E-state index in [1.807, 2.05) is 61.2 Å². The molecule has 12 aromatic rings. The Kier molecular flexibility index (Phi) is 8.10. The van der Waals surface area contributed by atoms with Crippen LogP contribution in [0, 0.1) is 0 Å². The average Bonchev–Trinajstić information content (AvgIpc) is 3.34. The number of hydrogen-bond donors (Lipinski definition) is 0. The van der Waals surface area contributed by atoms with Crippen LogP contribution in [0.5, 0.6) is 0 Å². The molecule has 8 aromatic carbocycles. The lowest BCUT2D eigenvalue weighted by molar-refractivity contribution is 1.28. The Bertz CT molecular complexity index is 3480. The number of benzene rings is 8. The van der Waals surface area contributed by atoms with E-state index in [4.69, 9.17) is 19.9 Å². The van der Waals surface area contributed by atoms with Crippen molar-refractivity contribution in [1.29, 1.82) is 0 Å². The first-order valence-electron chi connectivity index (χ1n) is 20.5. The molecule has 0 aliphatic rings. The van der Waals surface area contributed by atoms with Crippen LogP contribution < -0.4 is 4.90 Å². The normalized spacial score (nSPS) is 11.6. The standard InChI is InChI=1S/C56H35N5/c1-2-8-36(9-3-1)39-20-26-47-40(28-39)14-15-41-29-46(25-27-48(41)47)61(44-21-16-37(17-22-44)55-30-42-32-57-53-12-6-4-10-49(53)51(42)34-59-55)45-23-18-38(19-24-45)56-31-43-33-58-54-13-7-5-11-50(54)52(43)35-60-56/h1-35H. The van der Waals surface area contributed by atoms with Gasteiger partial charge in [-0.1, -0.05) is 121 Å². The molecule has 0 saturated heterocycles. The van der Waals surface area contributed by atoms with Gasteiger partial charge in [-0.3, -0.25) is 19.9 Å². The van der Waals surface area contributed by atoms with Crippen LogP contribution in [-0.2, 0) is 0 Å². The summed E-state index contributed by atoms with van der Waals surface area (Å²) in [6, 6.07) is 66.7. The minimum atomic E-state index is 0.908. The highest BCUT2D eigenvalue weighted by Crippen LogP contribution is 2.40. The van der Waals surface area contributed by atoms with Crippen molar-refractivity contribution < 1.29 is 0 Å². The molecular formula is C56H35N5. The lowest BCUT2D eigenvalue weighted by Crippen LogP contribution is -2.10. The number of rotatable bonds is 6. The number of anilines is 3. The van der Waals surface area contributed by atoms with Crippen LogP contribution in [0.4, 0.5) is 17.1 Å². The van der Waals surface area contributed by atoms with Gasteiger partial charge in [-0.05, 0) is 99.4 Å². The Labute approximate surface area is 351 Å². The molecule has 61 heavy (non-hydrogen) atoms. The summed E-state index contributed by atoms with van der Waals surface area (Å²) in [5.41, 5.74) is 11.4. The van der Waals surface area contributed by atoms with Crippen LogP contribution in [-0.4, -0.2) is 19.9 Å². The molecule has 5 heteroatoms. The molecule has 0 atom stereocenters. The van der Waals surface area contributed by atoms with Gasteiger partial charge in [-0.25, -0.2) is 0 Å². The second-order valence-electron chi connectivity index (χ2n) is 15.6. The summed E-state index contributed by atoms with van der Waals surface area (Å²) in [4.78, 5) is 21.6. The van der Waals surface area contributed by atoms with Crippen LogP contribution in [0.1, 0.15) is 0 Å². The summed E-state index contributed by atoms with van der Waals surface area (Å²) in [6.07, 6.45) is 7.84. The molecule has 12 rings (SSSR count). The van der Waals surface area contributed by atoms with Crippen molar-refractivity contribution in [3.05, 3.63) is 213 Å². The van der Waals surface area contributed by atoms with E-state index < -0.39 is 0 Å². The minimum Gasteiger partial charge on any atom is -0.310 e. The zero-order valence-electron chi connectivity index (χ0n) is 32.9. The Morgan fingerprint density at radius 1 is 0.262 bits per heavy atom. The summed E-state index contributed by atoms with van der Waals surface area (Å²) in [5.74, 6) is 0. The van der Waals surface area contributed by atoms with Crippen LogP contribution in [0.3, 0.4) is 0 Å². The number of pyridine rings is 4. The summed E-state index contributed by atoms with van der Waals surface area (Å²) in [7, 11) is 0. The first-order valence-corrected chi connectivity index (χ1v) is 20.5. The van der Waals surface area contributed by atoms with Gasteiger partial charge < -0.3 is 4.90 Å². The summed E-state index contributed by atoms with van der Waals surface area (Å²) < 4.78 is 0. The van der Waals surface area contributed by atoms with E-state index in [1.165, 1.54) is 32.7 Å². The summed E-state index contributed by atoms with van der Waals surface area (Å²) in [6.45, 7) is 0. The third-order valence-corrected chi connectivity index (χ3v) is 12.0. The zero-order chi connectivity index (χ0) is 40.3. The molecule has 0 aliphatic carbocycles. The van der Waals surface area contributed by atoms with E-state index in [9.17, 15) is 0 Å². The number of aromatic nitrogens is 4. The Morgan fingerprint density at radius 2 is 0.738 bits per heavy atom. The average molecular weight is 778 g/mol. The second kappa shape index (κ2) is 14.2. The van der Waals surface area contributed by atoms with E-state index >= 15 is 0 Å². The minimum absolute atomic E-state index is 0.908. The maximum Gasteiger partial charge on any atom is 0.0709 e. The van der Waals surface area contributed by atoms with Crippen LogP contribution in [0.2, 0.25) is 0 Å². The van der Waals surface area contributed by atoms with E-state index in [2.05, 4.69) is 157 Å². The van der Waals surface area contributed by atoms with Crippen molar-refractivity contribution in [2.24, 2.45) is 0 Å². The topological polar surface area (TPSA) is 54.8 Å². The first-order chi connectivity index (χ1) is 30.2. The number of para-hydroxylation sites is 2. The molecule has 0 spiro atoms. The Balaban J connectivity index is 0.934. The number of nitrogens with zero attached hydrogens (tertiary/aromatic N) is 5. The molecule has 284 valence electrons. The molecule has 0 amide bonds. The van der Waals surface area contributed by atoms with E-state index in [0.717, 1.165) is 82.9 Å². The van der Waals surface area contributed by atoms with Crippen molar-refractivity contribution in [3.63, 3.8) is 0 Å². The SMILES string of the molecule is c1ccc(-c2ccc3c(ccc4cc(N(c5ccc(-c6cc7cnc8ccccc8c7cn6)cc5)c5ccc(-c6cc7cnc8ccccc8c7cn6)cc5)ccc43)c2)cc1. The molecule has 0 N–H and O–H groups in total. The maximum absolute atomic E-state index is 4.92.